The fraction of sp³-hybridized carbons (Fsp3) is 0.923. The van der Waals surface area contributed by atoms with E-state index in [1.54, 1.807) is 0 Å². The SMILES string of the molecule is CCC(O)CCCCCCCCCC(=O)O. The Morgan fingerprint density at radius 1 is 1.00 bits per heavy atom. The molecule has 0 saturated carbocycles. The number of carboxylic acid groups (broad SMARTS) is 1. The zero-order valence-electron chi connectivity index (χ0n) is 10.5. The van der Waals surface area contributed by atoms with Gasteiger partial charge < -0.3 is 10.2 Å². The molecule has 0 amide bonds. The van der Waals surface area contributed by atoms with E-state index in [-0.39, 0.29) is 6.10 Å². The predicted molar refractivity (Wildman–Crippen MR) is 65.5 cm³/mol. The van der Waals surface area contributed by atoms with E-state index in [1.807, 2.05) is 6.92 Å². The smallest absolute Gasteiger partial charge is 0.303 e. The van der Waals surface area contributed by atoms with Crippen LogP contribution in [-0.2, 0) is 4.79 Å². The van der Waals surface area contributed by atoms with Crippen molar-refractivity contribution < 1.29 is 15.0 Å². The summed E-state index contributed by atoms with van der Waals surface area (Å²) in [5.74, 6) is -0.687. The molecule has 1 atom stereocenters. The van der Waals surface area contributed by atoms with Gasteiger partial charge in [-0.3, -0.25) is 4.79 Å². The van der Waals surface area contributed by atoms with Crippen molar-refractivity contribution in [2.24, 2.45) is 0 Å². The Morgan fingerprint density at radius 3 is 2.00 bits per heavy atom. The Labute approximate surface area is 98.9 Å². The van der Waals surface area contributed by atoms with E-state index in [2.05, 4.69) is 0 Å². The molecule has 0 rings (SSSR count). The third kappa shape index (κ3) is 11.5. The summed E-state index contributed by atoms with van der Waals surface area (Å²) < 4.78 is 0. The molecule has 3 heteroatoms. The molecule has 0 fully saturated rings. The van der Waals surface area contributed by atoms with Crippen molar-refractivity contribution in [1.82, 2.24) is 0 Å². The number of aliphatic hydroxyl groups excluding tert-OH is 1. The molecule has 0 aliphatic heterocycles. The first-order valence-electron chi connectivity index (χ1n) is 6.56. The minimum atomic E-state index is -0.687. The fourth-order valence-corrected chi connectivity index (χ4v) is 1.74. The van der Waals surface area contributed by atoms with Crippen molar-refractivity contribution >= 4 is 5.97 Å². The first kappa shape index (κ1) is 15.4. The maximum atomic E-state index is 10.2. The molecule has 0 bridgehead atoms. The Hall–Kier alpha value is -0.570. The molecule has 0 spiro atoms. The molecular weight excluding hydrogens is 204 g/mol. The molecule has 0 aliphatic rings. The van der Waals surface area contributed by atoms with Gasteiger partial charge in [0.1, 0.15) is 0 Å². The van der Waals surface area contributed by atoms with Crippen molar-refractivity contribution in [2.75, 3.05) is 0 Å². The highest BCUT2D eigenvalue weighted by Crippen LogP contribution is 2.11. The van der Waals surface area contributed by atoms with Gasteiger partial charge in [-0.2, -0.15) is 0 Å². The summed E-state index contributed by atoms with van der Waals surface area (Å²) in [4.78, 5) is 10.2. The van der Waals surface area contributed by atoms with Crippen LogP contribution in [0.5, 0.6) is 0 Å². The highest BCUT2D eigenvalue weighted by atomic mass is 16.4. The third-order valence-corrected chi connectivity index (χ3v) is 2.90. The van der Waals surface area contributed by atoms with Gasteiger partial charge in [-0.05, 0) is 19.3 Å². The fourth-order valence-electron chi connectivity index (χ4n) is 1.74. The monoisotopic (exact) mass is 230 g/mol. The van der Waals surface area contributed by atoms with Gasteiger partial charge in [0, 0.05) is 6.42 Å². The van der Waals surface area contributed by atoms with E-state index < -0.39 is 5.97 Å². The topological polar surface area (TPSA) is 57.5 Å². The van der Waals surface area contributed by atoms with Crippen LogP contribution in [0.4, 0.5) is 0 Å². The van der Waals surface area contributed by atoms with Crippen LogP contribution in [-0.4, -0.2) is 22.3 Å². The molecule has 0 aromatic rings. The summed E-state index contributed by atoms with van der Waals surface area (Å²) in [7, 11) is 0. The van der Waals surface area contributed by atoms with Gasteiger partial charge in [0.25, 0.3) is 0 Å². The Balaban J connectivity index is 3.01. The Bertz CT molecular complexity index is 169. The number of hydrogen-bond donors (Lipinski definition) is 2. The quantitative estimate of drug-likeness (QED) is 0.535. The van der Waals surface area contributed by atoms with Gasteiger partial charge in [-0.1, -0.05) is 45.4 Å². The van der Waals surface area contributed by atoms with Crippen LogP contribution in [0.25, 0.3) is 0 Å². The van der Waals surface area contributed by atoms with Gasteiger partial charge in [0.05, 0.1) is 6.10 Å². The van der Waals surface area contributed by atoms with Crippen LogP contribution in [0.15, 0.2) is 0 Å². The molecule has 0 aliphatic carbocycles. The average molecular weight is 230 g/mol. The van der Waals surface area contributed by atoms with Gasteiger partial charge in [0.2, 0.25) is 0 Å². The van der Waals surface area contributed by atoms with Gasteiger partial charge in [0.15, 0.2) is 0 Å². The lowest BCUT2D eigenvalue weighted by atomic mass is 10.0. The molecule has 0 radical (unpaired) electrons. The molecule has 0 saturated heterocycles. The summed E-state index contributed by atoms with van der Waals surface area (Å²) in [5.41, 5.74) is 0. The molecular formula is C13H26O3. The first-order chi connectivity index (χ1) is 7.66. The Kier molecular flexibility index (Phi) is 10.5. The molecule has 3 nitrogen and oxygen atoms in total. The average Bonchev–Trinajstić information content (AvgIpc) is 2.26. The maximum absolute atomic E-state index is 10.2. The summed E-state index contributed by atoms with van der Waals surface area (Å²) in [6.45, 7) is 2.01. The van der Waals surface area contributed by atoms with E-state index >= 15 is 0 Å². The molecule has 96 valence electrons. The zero-order chi connectivity index (χ0) is 12.2. The Morgan fingerprint density at radius 2 is 1.50 bits per heavy atom. The van der Waals surface area contributed by atoms with Crippen LogP contribution >= 0.6 is 0 Å². The number of aliphatic hydroxyl groups is 1. The van der Waals surface area contributed by atoms with E-state index in [4.69, 9.17) is 5.11 Å². The number of aliphatic carboxylic acids is 1. The lowest BCUT2D eigenvalue weighted by molar-refractivity contribution is -0.137. The number of unbranched alkanes of at least 4 members (excludes halogenated alkanes) is 6. The standard InChI is InChI=1S/C13H26O3/c1-2-12(14)10-8-6-4-3-5-7-9-11-13(15)16/h12,14H,2-11H2,1H3,(H,15,16). The molecule has 2 N–H and O–H groups in total. The summed E-state index contributed by atoms with van der Waals surface area (Å²) >= 11 is 0. The van der Waals surface area contributed by atoms with Crippen molar-refractivity contribution in [2.45, 2.75) is 77.2 Å². The third-order valence-electron chi connectivity index (χ3n) is 2.90. The van der Waals surface area contributed by atoms with Crippen molar-refractivity contribution in [1.29, 1.82) is 0 Å². The second-order valence-electron chi connectivity index (χ2n) is 4.47. The number of carbonyl (C=O) groups is 1. The minimum Gasteiger partial charge on any atom is -0.481 e. The normalized spacial score (nSPS) is 12.6. The minimum absolute atomic E-state index is 0.115. The number of carboxylic acids is 1. The molecule has 0 aromatic heterocycles. The number of hydrogen-bond acceptors (Lipinski definition) is 2. The van der Waals surface area contributed by atoms with Gasteiger partial charge in [-0.25, -0.2) is 0 Å². The largest absolute Gasteiger partial charge is 0.481 e. The first-order valence-corrected chi connectivity index (χ1v) is 6.56. The number of rotatable bonds is 11. The lowest BCUT2D eigenvalue weighted by Crippen LogP contribution is -2.03. The highest BCUT2D eigenvalue weighted by molar-refractivity contribution is 5.66. The van der Waals surface area contributed by atoms with Crippen LogP contribution in [0, 0.1) is 0 Å². The van der Waals surface area contributed by atoms with E-state index in [0.29, 0.717) is 6.42 Å². The van der Waals surface area contributed by atoms with E-state index in [0.717, 1.165) is 38.5 Å². The molecule has 1 unspecified atom stereocenters. The summed E-state index contributed by atoms with van der Waals surface area (Å²) in [5, 5.41) is 17.8. The lowest BCUT2D eigenvalue weighted by Gasteiger charge is -2.06. The van der Waals surface area contributed by atoms with Gasteiger partial charge >= 0.3 is 5.97 Å². The summed E-state index contributed by atoms with van der Waals surface area (Å²) in [6.07, 6.45) is 9.67. The zero-order valence-corrected chi connectivity index (χ0v) is 10.5. The van der Waals surface area contributed by atoms with Crippen molar-refractivity contribution in [3.05, 3.63) is 0 Å². The second-order valence-corrected chi connectivity index (χ2v) is 4.47. The molecule has 0 aromatic carbocycles. The molecule has 0 heterocycles. The van der Waals surface area contributed by atoms with Crippen molar-refractivity contribution in [3.8, 4) is 0 Å². The van der Waals surface area contributed by atoms with Crippen LogP contribution in [0.3, 0.4) is 0 Å². The van der Waals surface area contributed by atoms with Crippen LogP contribution in [0.2, 0.25) is 0 Å². The van der Waals surface area contributed by atoms with E-state index in [1.165, 1.54) is 19.3 Å². The second kappa shape index (κ2) is 10.9. The predicted octanol–water partition coefficient (Wildman–Crippen LogP) is 3.35. The van der Waals surface area contributed by atoms with Crippen LogP contribution in [0.1, 0.15) is 71.1 Å². The highest BCUT2D eigenvalue weighted by Gasteiger charge is 2.00. The van der Waals surface area contributed by atoms with Gasteiger partial charge in [-0.15, -0.1) is 0 Å². The van der Waals surface area contributed by atoms with E-state index in [9.17, 15) is 9.90 Å². The maximum Gasteiger partial charge on any atom is 0.303 e. The summed E-state index contributed by atoms with van der Waals surface area (Å²) in [6, 6.07) is 0. The van der Waals surface area contributed by atoms with Crippen molar-refractivity contribution in [3.63, 3.8) is 0 Å². The van der Waals surface area contributed by atoms with Crippen LogP contribution < -0.4 is 0 Å². The molecule has 16 heavy (non-hydrogen) atoms.